The molecule has 1 aromatic carbocycles. The average molecular weight is 321 g/mol. The second-order valence-electron chi connectivity index (χ2n) is 5.70. The van der Waals surface area contributed by atoms with Gasteiger partial charge >= 0.3 is 0 Å². The van der Waals surface area contributed by atoms with Crippen LogP contribution >= 0.6 is 15.9 Å². The van der Waals surface area contributed by atoms with E-state index in [2.05, 4.69) is 48.0 Å². The van der Waals surface area contributed by atoms with E-state index in [9.17, 15) is 0 Å². The maximum Gasteiger partial charge on any atom is 0.123 e. The van der Waals surface area contributed by atoms with E-state index >= 15 is 0 Å². The van der Waals surface area contributed by atoms with Gasteiger partial charge < -0.3 is 9.15 Å². The van der Waals surface area contributed by atoms with Gasteiger partial charge in [0, 0.05) is 12.0 Å². The second-order valence-corrected chi connectivity index (χ2v) is 6.62. The zero-order chi connectivity index (χ0) is 13.6. The van der Waals surface area contributed by atoms with Gasteiger partial charge in [-0.25, -0.2) is 0 Å². The Balaban J connectivity index is 1.94. The molecule has 0 fully saturated rings. The van der Waals surface area contributed by atoms with Crippen molar-refractivity contribution >= 4 is 15.9 Å². The lowest BCUT2D eigenvalue weighted by Crippen LogP contribution is -2.24. The summed E-state index contributed by atoms with van der Waals surface area (Å²) >= 11 is 3.76. The molecule has 3 rings (SSSR count). The number of halogens is 1. The van der Waals surface area contributed by atoms with E-state index in [-0.39, 0.29) is 10.4 Å². The Morgan fingerprint density at radius 1 is 1.26 bits per heavy atom. The summed E-state index contributed by atoms with van der Waals surface area (Å²) < 4.78 is 11.3. The number of fused-ring (bicyclic) bond motifs is 1. The molecule has 1 unspecified atom stereocenters. The standard InChI is InChI=1S/C16H17BrO2/c1-10-13(6-7-18-10)15(17)11-4-5-14-12(8-11)9-16(2,3)19-14/h4-8,15H,9H2,1-3H3. The van der Waals surface area contributed by atoms with Crippen LogP contribution in [0.5, 0.6) is 5.75 Å². The molecule has 100 valence electrons. The number of hydrogen-bond donors (Lipinski definition) is 0. The molecular formula is C16H17BrO2. The van der Waals surface area contributed by atoms with Crippen molar-refractivity contribution in [2.45, 2.75) is 37.6 Å². The summed E-state index contributed by atoms with van der Waals surface area (Å²) in [5.41, 5.74) is 3.62. The zero-order valence-corrected chi connectivity index (χ0v) is 13.0. The molecule has 0 radical (unpaired) electrons. The Morgan fingerprint density at radius 3 is 2.74 bits per heavy atom. The Kier molecular flexibility index (Phi) is 2.97. The summed E-state index contributed by atoms with van der Waals surface area (Å²) in [4.78, 5) is 0.167. The van der Waals surface area contributed by atoms with Gasteiger partial charge in [0.2, 0.25) is 0 Å². The lowest BCUT2D eigenvalue weighted by atomic mass is 9.98. The minimum atomic E-state index is -0.0890. The zero-order valence-electron chi connectivity index (χ0n) is 11.4. The van der Waals surface area contributed by atoms with Gasteiger partial charge in [0.05, 0.1) is 11.1 Å². The number of furan rings is 1. The van der Waals surface area contributed by atoms with E-state index < -0.39 is 0 Å². The molecule has 0 aliphatic carbocycles. The van der Waals surface area contributed by atoms with Gasteiger partial charge in [0.15, 0.2) is 0 Å². The van der Waals surface area contributed by atoms with Crippen LogP contribution in [0.1, 0.15) is 41.1 Å². The van der Waals surface area contributed by atoms with Crippen molar-refractivity contribution in [2.24, 2.45) is 0 Å². The molecule has 0 saturated carbocycles. The van der Waals surface area contributed by atoms with E-state index in [0.717, 1.165) is 17.9 Å². The average Bonchev–Trinajstić information content (AvgIpc) is 2.88. The summed E-state index contributed by atoms with van der Waals surface area (Å²) in [6.07, 6.45) is 2.69. The molecule has 2 heterocycles. The van der Waals surface area contributed by atoms with Crippen LogP contribution in [-0.2, 0) is 6.42 Å². The normalized spacial score (nSPS) is 17.9. The number of alkyl halides is 1. The van der Waals surface area contributed by atoms with Gasteiger partial charge in [-0.3, -0.25) is 0 Å². The summed E-state index contributed by atoms with van der Waals surface area (Å²) in [6, 6.07) is 8.44. The third kappa shape index (κ3) is 2.32. The fraction of sp³-hybridized carbons (Fsp3) is 0.375. The molecule has 19 heavy (non-hydrogen) atoms. The first-order chi connectivity index (χ1) is 8.96. The van der Waals surface area contributed by atoms with Crippen LogP contribution in [0, 0.1) is 6.92 Å². The minimum Gasteiger partial charge on any atom is -0.487 e. The smallest absolute Gasteiger partial charge is 0.123 e. The number of hydrogen-bond acceptors (Lipinski definition) is 2. The number of ether oxygens (including phenoxy) is 1. The highest BCUT2D eigenvalue weighted by molar-refractivity contribution is 9.09. The van der Waals surface area contributed by atoms with Crippen LogP contribution < -0.4 is 4.74 Å². The van der Waals surface area contributed by atoms with Crippen LogP contribution in [0.25, 0.3) is 0 Å². The molecule has 0 saturated heterocycles. The van der Waals surface area contributed by atoms with Crippen molar-refractivity contribution in [3.8, 4) is 5.75 Å². The van der Waals surface area contributed by atoms with Crippen LogP contribution in [0.2, 0.25) is 0 Å². The van der Waals surface area contributed by atoms with Gasteiger partial charge in [-0.2, -0.15) is 0 Å². The van der Waals surface area contributed by atoms with Crippen molar-refractivity contribution < 1.29 is 9.15 Å². The molecule has 1 aliphatic heterocycles. The van der Waals surface area contributed by atoms with E-state index in [0.29, 0.717) is 0 Å². The summed E-state index contributed by atoms with van der Waals surface area (Å²) in [5, 5.41) is 0. The molecular weight excluding hydrogens is 304 g/mol. The molecule has 3 heteroatoms. The van der Waals surface area contributed by atoms with Gasteiger partial charge in [-0.15, -0.1) is 0 Å². The first kappa shape index (κ1) is 12.8. The first-order valence-corrected chi connectivity index (χ1v) is 7.38. The van der Waals surface area contributed by atoms with Gasteiger partial charge in [-0.05, 0) is 44.0 Å². The molecule has 1 aromatic heterocycles. The third-order valence-corrected chi connectivity index (χ3v) is 4.57. The lowest BCUT2D eigenvalue weighted by Gasteiger charge is -2.16. The first-order valence-electron chi connectivity index (χ1n) is 6.46. The molecule has 0 spiro atoms. The Hall–Kier alpha value is -1.22. The number of aryl methyl sites for hydroxylation is 1. The summed E-state index contributed by atoms with van der Waals surface area (Å²) in [5.74, 6) is 1.97. The predicted molar refractivity (Wildman–Crippen MR) is 79.1 cm³/mol. The maximum absolute atomic E-state index is 5.91. The molecule has 1 aliphatic rings. The monoisotopic (exact) mass is 320 g/mol. The maximum atomic E-state index is 5.91. The molecule has 2 nitrogen and oxygen atoms in total. The number of benzene rings is 1. The molecule has 1 atom stereocenters. The fourth-order valence-electron chi connectivity index (χ4n) is 2.62. The fourth-order valence-corrected chi connectivity index (χ4v) is 3.38. The largest absolute Gasteiger partial charge is 0.487 e. The predicted octanol–water partition coefficient (Wildman–Crippen LogP) is 4.79. The Morgan fingerprint density at radius 2 is 2.05 bits per heavy atom. The number of rotatable bonds is 2. The van der Waals surface area contributed by atoms with Gasteiger partial charge in [0.1, 0.15) is 17.1 Å². The highest BCUT2D eigenvalue weighted by Gasteiger charge is 2.30. The highest BCUT2D eigenvalue weighted by Crippen LogP contribution is 2.39. The van der Waals surface area contributed by atoms with Crippen LogP contribution in [0.15, 0.2) is 34.9 Å². The van der Waals surface area contributed by atoms with Crippen LogP contribution in [0.4, 0.5) is 0 Å². The van der Waals surface area contributed by atoms with E-state index in [1.54, 1.807) is 6.26 Å². The van der Waals surface area contributed by atoms with Crippen molar-refractivity contribution in [3.63, 3.8) is 0 Å². The molecule has 0 bridgehead atoms. The van der Waals surface area contributed by atoms with Crippen molar-refractivity contribution in [2.75, 3.05) is 0 Å². The van der Waals surface area contributed by atoms with Crippen molar-refractivity contribution in [1.29, 1.82) is 0 Å². The SMILES string of the molecule is Cc1occc1C(Br)c1ccc2c(c1)CC(C)(C)O2. The Labute approximate surface area is 121 Å². The topological polar surface area (TPSA) is 22.4 Å². The highest BCUT2D eigenvalue weighted by atomic mass is 79.9. The van der Waals surface area contributed by atoms with Crippen LogP contribution in [-0.4, -0.2) is 5.60 Å². The summed E-state index contributed by atoms with van der Waals surface area (Å²) in [6.45, 7) is 6.24. The second kappa shape index (κ2) is 4.41. The van der Waals surface area contributed by atoms with Crippen LogP contribution in [0.3, 0.4) is 0 Å². The van der Waals surface area contributed by atoms with Gasteiger partial charge in [0.25, 0.3) is 0 Å². The van der Waals surface area contributed by atoms with E-state index in [4.69, 9.17) is 9.15 Å². The Bertz CT molecular complexity index is 613. The van der Waals surface area contributed by atoms with Gasteiger partial charge in [-0.1, -0.05) is 28.1 Å². The minimum absolute atomic E-state index is 0.0890. The molecule has 0 N–H and O–H groups in total. The lowest BCUT2D eigenvalue weighted by molar-refractivity contribution is 0.138. The third-order valence-electron chi connectivity index (χ3n) is 3.55. The van der Waals surface area contributed by atoms with Crippen molar-refractivity contribution in [1.82, 2.24) is 0 Å². The molecule has 2 aromatic rings. The molecule has 0 amide bonds. The van der Waals surface area contributed by atoms with E-state index in [1.165, 1.54) is 16.7 Å². The van der Waals surface area contributed by atoms with Crippen molar-refractivity contribution in [3.05, 3.63) is 53.0 Å². The quantitative estimate of drug-likeness (QED) is 0.742. The van der Waals surface area contributed by atoms with E-state index in [1.807, 2.05) is 13.0 Å². The summed E-state index contributed by atoms with van der Waals surface area (Å²) in [7, 11) is 0.